The van der Waals surface area contributed by atoms with E-state index in [-0.39, 0.29) is 0 Å². The van der Waals surface area contributed by atoms with Crippen molar-refractivity contribution in [3.05, 3.63) is 12.4 Å². The molecule has 1 unspecified atom stereocenters. The van der Waals surface area contributed by atoms with Gasteiger partial charge in [0, 0.05) is 19.1 Å². The Morgan fingerprint density at radius 1 is 1.44 bits per heavy atom. The Balaban J connectivity index is 2.10. The minimum absolute atomic E-state index is 0.384. The van der Waals surface area contributed by atoms with Crippen LogP contribution in [0.15, 0.2) is 12.4 Å². The van der Waals surface area contributed by atoms with Crippen molar-refractivity contribution in [1.82, 2.24) is 9.97 Å². The second-order valence-corrected chi connectivity index (χ2v) is 4.64. The molecule has 100 valence electrons. The number of anilines is 1. The normalized spacial score (nSPS) is 19.9. The highest BCUT2D eigenvalue weighted by Crippen LogP contribution is 2.23. The first-order valence-electron chi connectivity index (χ1n) is 6.76. The highest BCUT2D eigenvalue weighted by Gasteiger charge is 2.22. The number of piperidine rings is 1. The van der Waals surface area contributed by atoms with Gasteiger partial charge in [0.1, 0.15) is 0 Å². The lowest BCUT2D eigenvalue weighted by atomic mass is 10.0. The van der Waals surface area contributed by atoms with Gasteiger partial charge in [0.2, 0.25) is 5.88 Å². The third-order valence-corrected chi connectivity index (χ3v) is 3.25. The number of rotatable bonds is 5. The summed E-state index contributed by atoms with van der Waals surface area (Å²) in [6, 6.07) is 0.384. The van der Waals surface area contributed by atoms with Gasteiger partial charge < -0.3 is 15.4 Å². The lowest BCUT2D eigenvalue weighted by Crippen LogP contribution is -2.44. The summed E-state index contributed by atoms with van der Waals surface area (Å²) in [7, 11) is 0. The summed E-state index contributed by atoms with van der Waals surface area (Å²) in [5, 5.41) is 0. The van der Waals surface area contributed by atoms with Gasteiger partial charge in [0.15, 0.2) is 5.82 Å². The fourth-order valence-electron chi connectivity index (χ4n) is 2.30. The van der Waals surface area contributed by atoms with Crippen molar-refractivity contribution in [2.75, 3.05) is 24.6 Å². The van der Waals surface area contributed by atoms with E-state index in [0.717, 1.165) is 25.2 Å². The van der Waals surface area contributed by atoms with Crippen molar-refractivity contribution in [1.29, 1.82) is 0 Å². The summed E-state index contributed by atoms with van der Waals surface area (Å²) >= 11 is 0. The summed E-state index contributed by atoms with van der Waals surface area (Å²) in [6.07, 6.45) is 8.02. The van der Waals surface area contributed by atoms with Crippen LogP contribution in [0.25, 0.3) is 0 Å². The molecule has 5 heteroatoms. The van der Waals surface area contributed by atoms with Gasteiger partial charge in [-0.2, -0.15) is 4.98 Å². The van der Waals surface area contributed by atoms with Crippen LogP contribution in [0.4, 0.5) is 5.82 Å². The molecule has 1 aromatic rings. The molecule has 2 rings (SSSR count). The predicted molar refractivity (Wildman–Crippen MR) is 71.9 cm³/mol. The Morgan fingerprint density at radius 3 is 3.11 bits per heavy atom. The van der Waals surface area contributed by atoms with E-state index in [1.165, 1.54) is 12.8 Å². The maximum Gasteiger partial charge on any atom is 0.234 e. The van der Waals surface area contributed by atoms with E-state index in [9.17, 15) is 0 Å². The SMILES string of the molecule is CCCOc1cncc(N2CCCCC2CN)n1. The maximum atomic E-state index is 5.83. The fourth-order valence-corrected chi connectivity index (χ4v) is 2.30. The maximum absolute atomic E-state index is 5.83. The van der Waals surface area contributed by atoms with Crippen LogP contribution in [-0.4, -0.2) is 35.7 Å². The Morgan fingerprint density at radius 2 is 2.33 bits per heavy atom. The standard InChI is InChI=1S/C13H22N4O/c1-2-7-18-13-10-15-9-12(16-13)17-6-4-3-5-11(17)8-14/h9-11H,2-8,14H2,1H3. The molecule has 18 heavy (non-hydrogen) atoms. The van der Waals surface area contributed by atoms with Crippen LogP contribution in [0.1, 0.15) is 32.6 Å². The van der Waals surface area contributed by atoms with E-state index in [1.807, 2.05) is 0 Å². The minimum Gasteiger partial charge on any atom is -0.477 e. The average molecular weight is 250 g/mol. The van der Waals surface area contributed by atoms with Gasteiger partial charge in [-0.15, -0.1) is 0 Å². The number of hydrogen-bond acceptors (Lipinski definition) is 5. The van der Waals surface area contributed by atoms with E-state index in [4.69, 9.17) is 10.5 Å². The summed E-state index contributed by atoms with van der Waals surface area (Å²) in [6.45, 7) is 4.43. The molecule has 1 aliphatic rings. The second-order valence-electron chi connectivity index (χ2n) is 4.64. The molecule has 0 radical (unpaired) electrons. The van der Waals surface area contributed by atoms with Crippen molar-refractivity contribution < 1.29 is 4.74 Å². The summed E-state index contributed by atoms with van der Waals surface area (Å²) in [5.41, 5.74) is 5.83. The van der Waals surface area contributed by atoms with Crippen LogP contribution >= 0.6 is 0 Å². The Hall–Kier alpha value is -1.36. The molecule has 1 atom stereocenters. The van der Waals surface area contributed by atoms with Crippen molar-refractivity contribution >= 4 is 5.82 Å². The minimum atomic E-state index is 0.384. The Labute approximate surface area is 108 Å². The molecule has 2 N–H and O–H groups in total. The molecular weight excluding hydrogens is 228 g/mol. The number of nitrogens with two attached hydrogens (primary N) is 1. The number of ether oxygens (including phenoxy) is 1. The quantitative estimate of drug-likeness (QED) is 0.859. The van der Waals surface area contributed by atoms with Gasteiger partial charge in [0.25, 0.3) is 0 Å². The largest absolute Gasteiger partial charge is 0.477 e. The molecule has 0 saturated carbocycles. The molecule has 1 aromatic heterocycles. The monoisotopic (exact) mass is 250 g/mol. The number of nitrogens with zero attached hydrogens (tertiary/aromatic N) is 3. The Bertz CT molecular complexity index is 372. The zero-order valence-electron chi connectivity index (χ0n) is 11.0. The van der Waals surface area contributed by atoms with Crippen molar-refractivity contribution in [2.45, 2.75) is 38.6 Å². The molecule has 0 spiro atoms. The van der Waals surface area contributed by atoms with E-state index in [0.29, 0.717) is 25.1 Å². The first-order chi connectivity index (χ1) is 8.85. The van der Waals surface area contributed by atoms with Crippen LogP contribution in [0.2, 0.25) is 0 Å². The molecule has 1 saturated heterocycles. The zero-order valence-corrected chi connectivity index (χ0v) is 11.0. The molecular formula is C13H22N4O. The number of hydrogen-bond donors (Lipinski definition) is 1. The second kappa shape index (κ2) is 6.54. The van der Waals surface area contributed by atoms with Gasteiger partial charge in [-0.25, -0.2) is 0 Å². The molecule has 0 aromatic carbocycles. The molecule has 1 aliphatic heterocycles. The third kappa shape index (κ3) is 3.10. The number of aromatic nitrogens is 2. The molecule has 0 bridgehead atoms. The van der Waals surface area contributed by atoms with Crippen LogP contribution in [0.5, 0.6) is 5.88 Å². The molecule has 0 aliphatic carbocycles. The van der Waals surface area contributed by atoms with E-state index in [1.54, 1.807) is 12.4 Å². The van der Waals surface area contributed by atoms with E-state index in [2.05, 4.69) is 21.8 Å². The molecule has 2 heterocycles. The van der Waals surface area contributed by atoms with Crippen molar-refractivity contribution in [2.24, 2.45) is 5.73 Å². The van der Waals surface area contributed by atoms with Crippen molar-refractivity contribution in [3.63, 3.8) is 0 Å². The van der Waals surface area contributed by atoms with E-state index < -0.39 is 0 Å². The Kier molecular flexibility index (Phi) is 4.75. The van der Waals surface area contributed by atoms with E-state index >= 15 is 0 Å². The molecule has 5 nitrogen and oxygen atoms in total. The molecule has 0 amide bonds. The van der Waals surface area contributed by atoms with Gasteiger partial charge >= 0.3 is 0 Å². The zero-order chi connectivity index (χ0) is 12.8. The molecule has 1 fully saturated rings. The summed E-state index contributed by atoms with van der Waals surface area (Å²) in [4.78, 5) is 11.0. The third-order valence-electron chi connectivity index (χ3n) is 3.25. The highest BCUT2D eigenvalue weighted by atomic mass is 16.5. The van der Waals surface area contributed by atoms with Gasteiger partial charge in [-0.05, 0) is 25.7 Å². The summed E-state index contributed by atoms with van der Waals surface area (Å²) in [5.74, 6) is 1.49. The summed E-state index contributed by atoms with van der Waals surface area (Å²) < 4.78 is 5.52. The predicted octanol–water partition coefficient (Wildman–Crippen LogP) is 1.58. The first kappa shape index (κ1) is 13.1. The van der Waals surface area contributed by atoms with Gasteiger partial charge in [-0.1, -0.05) is 6.92 Å². The average Bonchev–Trinajstić information content (AvgIpc) is 2.45. The van der Waals surface area contributed by atoms with Crippen molar-refractivity contribution in [3.8, 4) is 5.88 Å². The van der Waals surface area contributed by atoms with Crippen LogP contribution in [-0.2, 0) is 0 Å². The highest BCUT2D eigenvalue weighted by molar-refractivity contribution is 5.39. The smallest absolute Gasteiger partial charge is 0.234 e. The topological polar surface area (TPSA) is 64.3 Å². The van der Waals surface area contributed by atoms with Gasteiger partial charge in [-0.3, -0.25) is 4.98 Å². The lowest BCUT2D eigenvalue weighted by molar-refractivity contribution is 0.303. The first-order valence-corrected chi connectivity index (χ1v) is 6.76. The van der Waals surface area contributed by atoms with Crippen LogP contribution < -0.4 is 15.4 Å². The lowest BCUT2D eigenvalue weighted by Gasteiger charge is -2.35. The fraction of sp³-hybridized carbons (Fsp3) is 0.692. The van der Waals surface area contributed by atoms with Crippen LogP contribution in [0, 0.1) is 0 Å². The van der Waals surface area contributed by atoms with Gasteiger partial charge in [0.05, 0.1) is 19.0 Å². The van der Waals surface area contributed by atoms with Crippen LogP contribution in [0.3, 0.4) is 0 Å².